The predicted molar refractivity (Wildman–Crippen MR) is 68.3 cm³/mol. The van der Waals surface area contributed by atoms with Gasteiger partial charge in [-0.3, -0.25) is 0 Å². The van der Waals surface area contributed by atoms with Crippen molar-refractivity contribution in [1.29, 1.82) is 0 Å². The molecule has 0 amide bonds. The molecule has 1 aromatic rings. The van der Waals surface area contributed by atoms with Crippen molar-refractivity contribution in [1.82, 2.24) is 5.32 Å². The Kier molecular flexibility index (Phi) is 5.52. The fraction of sp³-hybridized carbons (Fsp3) is 0.667. The minimum Gasteiger partial charge on any atom is -0.453 e. The molecular weight excluding hydrogens is 270 g/mol. The van der Waals surface area contributed by atoms with Gasteiger partial charge in [0.25, 0.3) is 0 Å². The Bertz CT molecular complexity index is 312. The molecule has 0 aliphatic carbocycles. The van der Waals surface area contributed by atoms with Gasteiger partial charge < -0.3 is 14.8 Å². The van der Waals surface area contributed by atoms with Crippen LogP contribution in [-0.2, 0) is 0 Å². The van der Waals surface area contributed by atoms with Crippen LogP contribution in [0.25, 0.3) is 0 Å². The molecular formula is C12H20BrNO2. The normalized spacial score (nSPS) is 15.4. The van der Waals surface area contributed by atoms with Crippen LogP contribution in [0.2, 0.25) is 0 Å². The van der Waals surface area contributed by atoms with Crippen LogP contribution >= 0.6 is 15.9 Å². The van der Waals surface area contributed by atoms with E-state index in [-0.39, 0.29) is 12.1 Å². The predicted octanol–water partition coefficient (Wildman–Crippen LogP) is 3.10. The lowest BCUT2D eigenvalue weighted by molar-refractivity contribution is 0.142. The third-order valence-electron chi connectivity index (χ3n) is 2.42. The maximum absolute atomic E-state index is 9.72. The first kappa shape index (κ1) is 13.7. The van der Waals surface area contributed by atoms with E-state index >= 15 is 0 Å². The van der Waals surface area contributed by atoms with E-state index in [1.54, 1.807) is 0 Å². The number of nitrogens with one attached hydrogen (secondary N) is 1. The second kappa shape index (κ2) is 6.42. The lowest BCUT2D eigenvalue weighted by Gasteiger charge is -2.16. The highest BCUT2D eigenvalue weighted by Crippen LogP contribution is 2.20. The quantitative estimate of drug-likeness (QED) is 0.846. The SMILES string of the molecule is CC(C)CC(O)CNC(C)c1ccc(Br)o1. The molecule has 0 aliphatic heterocycles. The molecule has 0 spiro atoms. The van der Waals surface area contributed by atoms with E-state index in [4.69, 9.17) is 4.42 Å². The molecule has 0 aromatic carbocycles. The number of hydrogen-bond donors (Lipinski definition) is 2. The molecule has 0 radical (unpaired) electrons. The molecule has 92 valence electrons. The van der Waals surface area contributed by atoms with E-state index < -0.39 is 0 Å². The van der Waals surface area contributed by atoms with E-state index in [1.807, 2.05) is 19.1 Å². The summed E-state index contributed by atoms with van der Waals surface area (Å²) in [5, 5.41) is 13.0. The van der Waals surface area contributed by atoms with Crippen molar-refractivity contribution in [2.24, 2.45) is 5.92 Å². The zero-order chi connectivity index (χ0) is 12.1. The van der Waals surface area contributed by atoms with Crippen LogP contribution < -0.4 is 5.32 Å². The van der Waals surface area contributed by atoms with Gasteiger partial charge in [-0.2, -0.15) is 0 Å². The minimum atomic E-state index is -0.291. The van der Waals surface area contributed by atoms with Crippen molar-refractivity contribution in [3.05, 3.63) is 22.6 Å². The first-order valence-corrected chi connectivity index (χ1v) is 6.45. The van der Waals surface area contributed by atoms with Crippen LogP contribution in [-0.4, -0.2) is 17.8 Å². The highest BCUT2D eigenvalue weighted by Gasteiger charge is 2.12. The van der Waals surface area contributed by atoms with Gasteiger partial charge in [-0.1, -0.05) is 13.8 Å². The average Bonchev–Trinajstić information content (AvgIpc) is 2.60. The maximum Gasteiger partial charge on any atom is 0.169 e. The Morgan fingerprint density at radius 1 is 1.38 bits per heavy atom. The fourth-order valence-corrected chi connectivity index (χ4v) is 1.92. The van der Waals surface area contributed by atoms with Crippen molar-refractivity contribution in [2.45, 2.75) is 39.3 Å². The standard InChI is InChI=1S/C12H20BrNO2/c1-8(2)6-10(15)7-14-9(3)11-4-5-12(13)16-11/h4-5,8-10,14-15H,6-7H2,1-3H3. The average molecular weight is 290 g/mol. The van der Waals surface area contributed by atoms with Crippen molar-refractivity contribution in [3.8, 4) is 0 Å². The van der Waals surface area contributed by atoms with Crippen molar-refractivity contribution >= 4 is 15.9 Å². The van der Waals surface area contributed by atoms with Crippen LogP contribution in [0.15, 0.2) is 21.2 Å². The van der Waals surface area contributed by atoms with E-state index in [2.05, 4.69) is 35.1 Å². The molecule has 1 heterocycles. The molecule has 1 rings (SSSR count). The summed E-state index contributed by atoms with van der Waals surface area (Å²) in [4.78, 5) is 0. The summed E-state index contributed by atoms with van der Waals surface area (Å²) in [7, 11) is 0. The summed E-state index contributed by atoms with van der Waals surface area (Å²) in [6.45, 7) is 6.83. The molecule has 0 bridgehead atoms. The van der Waals surface area contributed by atoms with Gasteiger partial charge in [0.05, 0.1) is 12.1 Å². The molecule has 2 atom stereocenters. The van der Waals surface area contributed by atoms with Gasteiger partial charge in [-0.15, -0.1) is 0 Å². The van der Waals surface area contributed by atoms with Gasteiger partial charge >= 0.3 is 0 Å². The van der Waals surface area contributed by atoms with Gasteiger partial charge in [-0.05, 0) is 47.3 Å². The second-order valence-corrected chi connectivity index (χ2v) is 5.34. The van der Waals surface area contributed by atoms with E-state index in [0.29, 0.717) is 12.5 Å². The zero-order valence-electron chi connectivity index (χ0n) is 10.0. The summed E-state index contributed by atoms with van der Waals surface area (Å²) in [6.07, 6.45) is 0.530. The third-order valence-corrected chi connectivity index (χ3v) is 2.85. The van der Waals surface area contributed by atoms with Crippen molar-refractivity contribution in [2.75, 3.05) is 6.54 Å². The van der Waals surface area contributed by atoms with Crippen LogP contribution in [0.5, 0.6) is 0 Å². The molecule has 3 nitrogen and oxygen atoms in total. The number of furan rings is 1. The molecule has 1 aromatic heterocycles. The molecule has 0 fully saturated rings. The van der Waals surface area contributed by atoms with E-state index in [1.165, 1.54) is 0 Å². The summed E-state index contributed by atoms with van der Waals surface area (Å²) in [6, 6.07) is 3.92. The lowest BCUT2D eigenvalue weighted by atomic mass is 10.1. The van der Waals surface area contributed by atoms with Crippen LogP contribution in [0.4, 0.5) is 0 Å². The highest BCUT2D eigenvalue weighted by atomic mass is 79.9. The summed E-state index contributed by atoms with van der Waals surface area (Å²) < 4.78 is 6.17. The Balaban J connectivity index is 2.32. The van der Waals surface area contributed by atoms with Gasteiger partial charge in [0.2, 0.25) is 0 Å². The van der Waals surface area contributed by atoms with Gasteiger partial charge in [0.15, 0.2) is 4.67 Å². The molecule has 2 N–H and O–H groups in total. The first-order valence-electron chi connectivity index (χ1n) is 5.65. The highest BCUT2D eigenvalue weighted by molar-refractivity contribution is 9.10. The van der Waals surface area contributed by atoms with Gasteiger partial charge in [0.1, 0.15) is 5.76 Å². The topological polar surface area (TPSA) is 45.4 Å². The Morgan fingerprint density at radius 2 is 2.06 bits per heavy atom. The number of hydrogen-bond acceptors (Lipinski definition) is 3. The van der Waals surface area contributed by atoms with Crippen molar-refractivity contribution in [3.63, 3.8) is 0 Å². The zero-order valence-corrected chi connectivity index (χ0v) is 11.6. The van der Waals surface area contributed by atoms with Gasteiger partial charge in [-0.25, -0.2) is 0 Å². The second-order valence-electron chi connectivity index (χ2n) is 4.56. The monoisotopic (exact) mass is 289 g/mol. The molecule has 16 heavy (non-hydrogen) atoms. The smallest absolute Gasteiger partial charge is 0.169 e. The number of aliphatic hydroxyl groups is 1. The first-order chi connectivity index (χ1) is 7.49. The van der Waals surface area contributed by atoms with Crippen LogP contribution in [0, 0.1) is 5.92 Å². The van der Waals surface area contributed by atoms with Crippen LogP contribution in [0.3, 0.4) is 0 Å². The summed E-state index contributed by atoms with van der Waals surface area (Å²) in [5.74, 6) is 1.40. The summed E-state index contributed by atoms with van der Waals surface area (Å²) in [5.41, 5.74) is 0. The lowest BCUT2D eigenvalue weighted by Crippen LogP contribution is -2.29. The van der Waals surface area contributed by atoms with Crippen molar-refractivity contribution < 1.29 is 9.52 Å². The minimum absolute atomic E-state index is 0.119. The summed E-state index contributed by atoms with van der Waals surface area (Å²) >= 11 is 3.27. The van der Waals surface area contributed by atoms with Crippen LogP contribution in [0.1, 0.15) is 39.0 Å². The maximum atomic E-state index is 9.72. The fourth-order valence-electron chi connectivity index (χ4n) is 1.60. The number of halogens is 1. The third kappa shape index (κ3) is 4.68. The number of aliphatic hydroxyl groups excluding tert-OH is 1. The molecule has 0 aliphatic rings. The molecule has 0 saturated heterocycles. The Morgan fingerprint density at radius 3 is 2.56 bits per heavy atom. The molecule has 0 saturated carbocycles. The Labute approximate surface area is 105 Å². The Hall–Kier alpha value is -0.320. The van der Waals surface area contributed by atoms with Gasteiger partial charge in [0, 0.05) is 6.54 Å². The molecule has 2 unspecified atom stereocenters. The van der Waals surface area contributed by atoms with E-state index in [9.17, 15) is 5.11 Å². The van der Waals surface area contributed by atoms with E-state index in [0.717, 1.165) is 16.9 Å². The molecule has 4 heteroatoms. The number of rotatable bonds is 6. The largest absolute Gasteiger partial charge is 0.453 e.